The van der Waals surface area contributed by atoms with Crippen molar-refractivity contribution in [1.29, 1.82) is 0 Å². The molecule has 2 aromatic rings. The van der Waals surface area contributed by atoms with E-state index in [1.807, 2.05) is 0 Å². The molecule has 2 rings (SSSR count). The molecule has 0 aliphatic heterocycles. The average Bonchev–Trinajstić information content (AvgIpc) is 2.72. The molecule has 0 aliphatic carbocycles. The maximum Gasteiger partial charge on any atom is 0.0300 e. The fourth-order valence-electron chi connectivity index (χ4n) is 1.54. The Hall–Kier alpha value is -0.640. The molecule has 1 aromatic heterocycles. The molecule has 0 saturated heterocycles. The Kier molecular flexibility index (Phi) is 4.57. The van der Waals surface area contributed by atoms with E-state index in [4.69, 9.17) is 0 Å². The molecule has 0 bridgehead atoms. The molecule has 0 fully saturated rings. The van der Waals surface area contributed by atoms with Gasteiger partial charge in [0, 0.05) is 21.3 Å². The summed E-state index contributed by atoms with van der Waals surface area (Å²) in [5.74, 6) is 0. The van der Waals surface area contributed by atoms with Gasteiger partial charge in [-0.15, -0.1) is 11.3 Å². The van der Waals surface area contributed by atoms with E-state index in [0.29, 0.717) is 0 Å². The molecule has 0 saturated carbocycles. The third-order valence-electron chi connectivity index (χ3n) is 2.35. The fraction of sp³-hybridized carbons (Fsp3) is 0.231. The van der Waals surface area contributed by atoms with E-state index in [1.165, 1.54) is 14.9 Å². The first-order valence-corrected chi connectivity index (χ1v) is 6.99. The molecule has 0 radical (unpaired) electrons. The topological polar surface area (TPSA) is 12.0 Å². The second kappa shape index (κ2) is 6.18. The number of nitrogens with one attached hydrogen (secondary N) is 1. The first kappa shape index (κ1) is 11.8. The maximum absolute atomic E-state index is 3.46. The molecule has 1 heterocycles. The number of halogens is 1. The van der Waals surface area contributed by atoms with Crippen molar-refractivity contribution in [3.05, 3.63) is 56.7 Å². The van der Waals surface area contributed by atoms with Crippen LogP contribution in [-0.2, 0) is 13.0 Å². The molecule has 0 atom stereocenters. The lowest BCUT2D eigenvalue weighted by Gasteiger charge is -2.03. The molecule has 1 nitrogen and oxygen atoms in total. The number of benzene rings is 1. The molecule has 0 unspecified atom stereocenters. The van der Waals surface area contributed by atoms with Crippen LogP contribution >= 0.6 is 27.3 Å². The highest BCUT2D eigenvalue weighted by atomic mass is 79.9. The lowest BCUT2D eigenvalue weighted by atomic mass is 10.1. The van der Waals surface area contributed by atoms with Crippen LogP contribution in [0.15, 0.2) is 46.3 Å². The normalized spacial score (nSPS) is 10.6. The second-order valence-corrected chi connectivity index (χ2v) is 5.56. The van der Waals surface area contributed by atoms with Gasteiger partial charge in [-0.1, -0.05) is 30.3 Å². The van der Waals surface area contributed by atoms with E-state index in [2.05, 4.69) is 63.0 Å². The van der Waals surface area contributed by atoms with Crippen molar-refractivity contribution in [3.63, 3.8) is 0 Å². The molecule has 0 amide bonds. The Balaban J connectivity index is 1.69. The number of thiophene rings is 1. The van der Waals surface area contributed by atoms with Crippen molar-refractivity contribution < 1.29 is 0 Å². The van der Waals surface area contributed by atoms with Gasteiger partial charge in [0.15, 0.2) is 0 Å². The summed E-state index contributed by atoms with van der Waals surface area (Å²) in [5, 5.41) is 5.57. The van der Waals surface area contributed by atoms with Crippen LogP contribution in [0.2, 0.25) is 0 Å². The molecular weight excluding hydrogens is 282 g/mol. The van der Waals surface area contributed by atoms with E-state index in [9.17, 15) is 0 Å². The molecule has 1 N–H and O–H groups in total. The zero-order valence-corrected chi connectivity index (χ0v) is 11.4. The van der Waals surface area contributed by atoms with Crippen molar-refractivity contribution in [1.82, 2.24) is 5.32 Å². The van der Waals surface area contributed by atoms with E-state index in [-0.39, 0.29) is 0 Å². The third-order valence-corrected chi connectivity index (χ3v) is 4.05. The number of hydrogen-bond donors (Lipinski definition) is 1. The smallest absolute Gasteiger partial charge is 0.0300 e. The van der Waals surface area contributed by atoms with Gasteiger partial charge in [0.2, 0.25) is 0 Å². The van der Waals surface area contributed by atoms with E-state index in [0.717, 1.165) is 19.5 Å². The zero-order valence-electron chi connectivity index (χ0n) is 8.95. The molecule has 0 spiro atoms. The van der Waals surface area contributed by atoms with Gasteiger partial charge in [-0.05, 0) is 40.5 Å². The Morgan fingerprint density at radius 3 is 2.69 bits per heavy atom. The SMILES string of the molecule is Brc1csc(CNCCc2ccccc2)c1. The van der Waals surface area contributed by atoms with Gasteiger partial charge in [-0.25, -0.2) is 0 Å². The summed E-state index contributed by atoms with van der Waals surface area (Å²) in [6, 6.07) is 12.7. The van der Waals surface area contributed by atoms with Crippen molar-refractivity contribution in [2.45, 2.75) is 13.0 Å². The summed E-state index contributed by atoms with van der Waals surface area (Å²) in [6.45, 7) is 1.99. The van der Waals surface area contributed by atoms with Crippen LogP contribution in [0.3, 0.4) is 0 Å². The summed E-state index contributed by atoms with van der Waals surface area (Å²) in [4.78, 5) is 1.37. The fourth-order valence-corrected chi connectivity index (χ4v) is 2.96. The van der Waals surface area contributed by atoms with Gasteiger partial charge in [0.25, 0.3) is 0 Å². The van der Waals surface area contributed by atoms with E-state index < -0.39 is 0 Å². The summed E-state index contributed by atoms with van der Waals surface area (Å²) in [5.41, 5.74) is 1.39. The molecule has 84 valence electrons. The van der Waals surface area contributed by atoms with Crippen LogP contribution in [0.5, 0.6) is 0 Å². The highest BCUT2D eigenvalue weighted by molar-refractivity contribution is 9.10. The molecule has 1 aromatic carbocycles. The lowest BCUT2D eigenvalue weighted by Crippen LogP contribution is -2.15. The molecule has 0 aliphatic rings. The minimum Gasteiger partial charge on any atom is -0.312 e. The van der Waals surface area contributed by atoms with Crippen LogP contribution in [0.4, 0.5) is 0 Å². The van der Waals surface area contributed by atoms with Crippen LogP contribution in [0, 0.1) is 0 Å². The van der Waals surface area contributed by atoms with Gasteiger partial charge >= 0.3 is 0 Å². The van der Waals surface area contributed by atoms with Crippen LogP contribution < -0.4 is 5.32 Å². The number of rotatable bonds is 5. The highest BCUT2D eigenvalue weighted by Gasteiger charge is 1.97. The Bertz CT molecular complexity index is 425. The summed E-state index contributed by atoms with van der Waals surface area (Å²) < 4.78 is 1.18. The van der Waals surface area contributed by atoms with Gasteiger partial charge in [-0.2, -0.15) is 0 Å². The number of hydrogen-bond acceptors (Lipinski definition) is 2. The maximum atomic E-state index is 3.46. The van der Waals surface area contributed by atoms with Gasteiger partial charge in [0.05, 0.1) is 0 Å². The minimum atomic E-state index is 0.961. The van der Waals surface area contributed by atoms with E-state index >= 15 is 0 Å². The summed E-state index contributed by atoms with van der Waals surface area (Å²) >= 11 is 5.25. The monoisotopic (exact) mass is 295 g/mol. The molecular formula is C13H14BrNS. The van der Waals surface area contributed by atoms with Crippen molar-refractivity contribution in [3.8, 4) is 0 Å². The zero-order chi connectivity index (χ0) is 11.2. The Morgan fingerprint density at radius 1 is 1.19 bits per heavy atom. The van der Waals surface area contributed by atoms with Gasteiger partial charge in [0.1, 0.15) is 0 Å². The lowest BCUT2D eigenvalue weighted by molar-refractivity contribution is 0.693. The van der Waals surface area contributed by atoms with Gasteiger partial charge in [-0.3, -0.25) is 0 Å². The van der Waals surface area contributed by atoms with E-state index in [1.54, 1.807) is 11.3 Å². The molecule has 16 heavy (non-hydrogen) atoms. The van der Waals surface area contributed by atoms with Crippen LogP contribution in [0.1, 0.15) is 10.4 Å². The van der Waals surface area contributed by atoms with Crippen LogP contribution in [0.25, 0.3) is 0 Å². The van der Waals surface area contributed by atoms with Crippen molar-refractivity contribution >= 4 is 27.3 Å². The highest BCUT2D eigenvalue weighted by Crippen LogP contribution is 2.19. The summed E-state index contributed by atoms with van der Waals surface area (Å²) in [6.07, 6.45) is 1.09. The average molecular weight is 296 g/mol. The predicted molar refractivity (Wildman–Crippen MR) is 73.9 cm³/mol. The van der Waals surface area contributed by atoms with Crippen molar-refractivity contribution in [2.75, 3.05) is 6.54 Å². The first-order valence-electron chi connectivity index (χ1n) is 5.32. The van der Waals surface area contributed by atoms with Gasteiger partial charge < -0.3 is 5.32 Å². The predicted octanol–water partition coefficient (Wildman–Crippen LogP) is 3.84. The van der Waals surface area contributed by atoms with Crippen molar-refractivity contribution in [2.24, 2.45) is 0 Å². The standard InChI is InChI=1S/C13H14BrNS/c14-12-8-13(16-10-12)9-15-7-6-11-4-2-1-3-5-11/h1-5,8,10,15H,6-7,9H2. The third kappa shape index (κ3) is 3.74. The minimum absolute atomic E-state index is 0.961. The molecule has 3 heteroatoms. The summed E-state index contributed by atoms with van der Waals surface area (Å²) in [7, 11) is 0. The largest absolute Gasteiger partial charge is 0.312 e. The Morgan fingerprint density at radius 2 is 2.00 bits per heavy atom. The Labute approximate surface area is 109 Å². The first-order chi connectivity index (χ1) is 7.84. The van der Waals surface area contributed by atoms with Crippen LogP contribution in [-0.4, -0.2) is 6.54 Å². The quantitative estimate of drug-likeness (QED) is 0.827. The second-order valence-electron chi connectivity index (χ2n) is 3.64.